The number of halogens is 2. The SMILES string of the molecule is COCc1nc(-c2ccc(F)c(Cl)c2)oc1C(=O)OC. The van der Waals surface area contributed by atoms with Gasteiger partial charge in [0.2, 0.25) is 11.7 Å². The van der Waals surface area contributed by atoms with Gasteiger partial charge in [0, 0.05) is 12.7 Å². The average molecular weight is 300 g/mol. The highest BCUT2D eigenvalue weighted by atomic mass is 35.5. The molecule has 0 bridgehead atoms. The van der Waals surface area contributed by atoms with Gasteiger partial charge in [-0.2, -0.15) is 0 Å². The fourth-order valence-corrected chi connectivity index (χ4v) is 1.77. The first-order chi connectivity index (χ1) is 9.56. The molecule has 0 atom stereocenters. The number of nitrogens with zero attached hydrogens (tertiary/aromatic N) is 1. The summed E-state index contributed by atoms with van der Waals surface area (Å²) in [6.07, 6.45) is 0. The number of carbonyl (C=O) groups is 1. The lowest BCUT2D eigenvalue weighted by Crippen LogP contribution is -2.04. The second-order valence-corrected chi connectivity index (χ2v) is 4.26. The number of hydrogen-bond acceptors (Lipinski definition) is 5. The molecule has 2 aromatic rings. The second-order valence-electron chi connectivity index (χ2n) is 3.85. The Bertz CT molecular complexity index is 641. The average Bonchev–Trinajstić information content (AvgIpc) is 2.85. The van der Waals surface area contributed by atoms with E-state index in [4.69, 9.17) is 20.8 Å². The maximum Gasteiger partial charge on any atom is 0.376 e. The molecule has 0 aliphatic carbocycles. The van der Waals surface area contributed by atoms with E-state index in [1.807, 2.05) is 0 Å². The molecular formula is C13H11ClFNO4. The predicted octanol–water partition coefficient (Wildman–Crippen LogP) is 3.07. The third-order valence-corrected chi connectivity index (χ3v) is 2.81. The van der Waals surface area contributed by atoms with Gasteiger partial charge >= 0.3 is 5.97 Å². The first-order valence-corrected chi connectivity index (χ1v) is 5.97. The number of ether oxygens (including phenoxy) is 2. The van der Waals surface area contributed by atoms with Gasteiger partial charge in [-0.05, 0) is 18.2 Å². The van der Waals surface area contributed by atoms with Crippen LogP contribution in [0.4, 0.5) is 4.39 Å². The molecular weight excluding hydrogens is 289 g/mol. The number of rotatable bonds is 4. The normalized spacial score (nSPS) is 10.6. The summed E-state index contributed by atoms with van der Waals surface area (Å²) in [6.45, 7) is 0.0862. The molecule has 0 amide bonds. The van der Waals surface area contributed by atoms with Crippen molar-refractivity contribution < 1.29 is 23.1 Å². The smallest absolute Gasteiger partial charge is 0.376 e. The number of benzene rings is 1. The number of hydrogen-bond donors (Lipinski definition) is 0. The molecule has 0 radical (unpaired) electrons. The Kier molecular flexibility index (Phi) is 4.36. The van der Waals surface area contributed by atoms with Crippen molar-refractivity contribution in [1.29, 1.82) is 0 Å². The molecule has 1 aromatic carbocycles. The lowest BCUT2D eigenvalue weighted by atomic mass is 10.2. The molecule has 0 aliphatic heterocycles. The van der Waals surface area contributed by atoms with Crippen molar-refractivity contribution in [1.82, 2.24) is 4.98 Å². The number of oxazole rings is 1. The van der Waals surface area contributed by atoms with Crippen molar-refractivity contribution in [3.63, 3.8) is 0 Å². The van der Waals surface area contributed by atoms with Crippen LogP contribution in [0.25, 0.3) is 11.5 Å². The van der Waals surface area contributed by atoms with E-state index in [1.54, 1.807) is 0 Å². The summed E-state index contributed by atoms with van der Waals surface area (Å²) >= 11 is 5.70. The number of methoxy groups -OCH3 is 2. The first kappa shape index (κ1) is 14.5. The van der Waals surface area contributed by atoms with Crippen LogP contribution in [0.15, 0.2) is 22.6 Å². The van der Waals surface area contributed by atoms with Gasteiger partial charge in [-0.25, -0.2) is 14.2 Å². The predicted molar refractivity (Wildman–Crippen MR) is 69.0 cm³/mol. The van der Waals surface area contributed by atoms with Gasteiger partial charge < -0.3 is 13.9 Å². The Morgan fingerprint density at radius 1 is 1.45 bits per heavy atom. The van der Waals surface area contributed by atoms with Crippen molar-refractivity contribution in [2.75, 3.05) is 14.2 Å². The van der Waals surface area contributed by atoms with Crippen LogP contribution in [0.3, 0.4) is 0 Å². The van der Waals surface area contributed by atoms with Crippen LogP contribution < -0.4 is 0 Å². The van der Waals surface area contributed by atoms with Gasteiger partial charge in [-0.1, -0.05) is 11.6 Å². The quantitative estimate of drug-likeness (QED) is 0.812. The van der Waals surface area contributed by atoms with Crippen molar-refractivity contribution in [2.24, 2.45) is 0 Å². The van der Waals surface area contributed by atoms with Crippen LogP contribution in [0, 0.1) is 5.82 Å². The second kappa shape index (κ2) is 6.02. The Morgan fingerprint density at radius 2 is 2.20 bits per heavy atom. The van der Waals surface area contributed by atoms with Gasteiger partial charge in [0.15, 0.2) is 0 Å². The minimum atomic E-state index is -0.663. The molecule has 0 fully saturated rings. The number of esters is 1. The molecule has 106 valence electrons. The fraction of sp³-hybridized carbons (Fsp3) is 0.231. The molecule has 0 N–H and O–H groups in total. The van der Waals surface area contributed by atoms with Gasteiger partial charge in [0.05, 0.1) is 18.7 Å². The maximum absolute atomic E-state index is 13.1. The standard InChI is InChI=1S/C13H11ClFNO4/c1-18-6-10-11(13(17)19-2)20-12(16-10)7-3-4-9(15)8(14)5-7/h3-5H,6H2,1-2H3. The third-order valence-electron chi connectivity index (χ3n) is 2.52. The lowest BCUT2D eigenvalue weighted by Gasteiger charge is -1.97. The van der Waals surface area contributed by atoms with E-state index >= 15 is 0 Å². The van der Waals surface area contributed by atoms with E-state index in [1.165, 1.54) is 32.4 Å². The summed E-state index contributed by atoms with van der Waals surface area (Å²) in [5.74, 6) is -1.12. The summed E-state index contributed by atoms with van der Waals surface area (Å²) in [4.78, 5) is 15.7. The minimum absolute atomic E-state index is 0.0511. The van der Waals surface area contributed by atoms with Crippen molar-refractivity contribution in [2.45, 2.75) is 6.61 Å². The summed E-state index contributed by atoms with van der Waals surface area (Å²) in [5, 5.41) is -0.0615. The molecule has 2 rings (SSSR count). The van der Waals surface area contributed by atoms with Crippen LogP contribution in [-0.2, 0) is 16.1 Å². The van der Waals surface area contributed by atoms with Crippen molar-refractivity contribution in [3.8, 4) is 11.5 Å². The van der Waals surface area contributed by atoms with E-state index in [9.17, 15) is 9.18 Å². The Hall–Kier alpha value is -1.92. The van der Waals surface area contributed by atoms with E-state index in [0.29, 0.717) is 11.3 Å². The van der Waals surface area contributed by atoms with Crippen molar-refractivity contribution >= 4 is 17.6 Å². The molecule has 7 heteroatoms. The summed E-state index contributed by atoms with van der Waals surface area (Å²) in [7, 11) is 2.69. The van der Waals surface area contributed by atoms with Gasteiger partial charge in [-0.3, -0.25) is 0 Å². The van der Waals surface area contributed by atoms with Crippen LogP contribution >= 0.6 is 11.6 Å². The lowest BCUT2D eigenvalue weighted by molar-refractivity contribution is 0.0559. The summed E-state index contributed by atoms with van der Waals surface area (Å²) < 4.78 is 28.0. The molecule has 0 unspecified atom stereocenters. The highest BCUT2D eigenvalue weighted by molar-refractivity contribution is 6.31. The molecule has 0 aliphatic rings. The van der Waals surface area contributed by atoms with E-state index < -0.39 is 11.8 Å². The van der Waals surface area contributed by atoms with E-state index in [2.05, 4.69) is 9.72 Å². The molecule has 0 spiro atoms. The van der Waals surface area contributed by atoms with Gasteiger partial charge in [-0.15, -0.1) is 0 Å². The largest absolute Gasteiger partial charge is 0.463 e. The molecule has 20 heavy (non-hydrogen) atoms. The van der Waals surface area contributed by atoms with Crippen LogP contribution in [0.5, 0.6) is 0 Å². The first-order valence-electron chi connectivity index (χ1n) is 5.59. The maximum atomic E-state index is 13.1. The molecule has 1 aromatic heterocycles. The third kappa shape index (κ3) is 2.81. The molecule has 0 saturated heterocycles. The Morgan fingerprint density at radius 3 is 2.80 bits per heavy atom. The fourth-order valence-electron chi connectivity index (χ4n) is 1.59. The minimum Gasteiger partial charge on any atom is -0.463 e. The van der Waals surface area contributed by atoms with Gasteiger partial charge in [0.1, 0.15) is 11.5 Å². The monoisotopic (exact) mass is 299 g/mol. The summed E-state index contributed by atoms with van der Waals surface area (Å²) in [6, 6.07) is 4.00. The van der Waals surface area contributed by atoms with Crippen LogP contribution in [0.2, 0.25) is 5.02 Å². The number of aromatic nitrogens is 1. The Labute approximate surface area is 119 Å². The molecule has 5 nitrogen and oxygen atoms in total. The van der Waals surface area contributed by atoms with Crippen LogP contribution in [0.1, 0.15) is 16.2 Å². The van der Waals surface area contributed by atoms with Gasteiger partial charge in [0.25, 0.3) is 0 Å². The Balaban J connectivity index is 2.46. The highest BCUT2D eigenvalue weighted by Gasteiger charge is 2.21. The van der Waals surface area contributed by atoms with Crippen LogP contribution in [-0.4, -0.2) is 25.2 Å². The van der Waals surface area contributed by atoms with Crippen molar-refractivity contribution in [3.05, 3.63) is 40.5 Å². The molecule has 1 heterocycles. The zero-order valence-electron chi connectivity index (χ0n) is 10.8. The highest BCUT2D eigenvalue weighted by Crippen LogP contribution is 2.26. The zero-order chi connectivity index (χ0) is 14.7. The topological polar surface area (TPSA) is 61.6 Å². The summed E-state index contributed by atoms with van der Waals surface area (Å²) in [5.41, 5.74) is 0.749. The molecule has 0 saturated carbocycles. The zero-order valence-corrected chi connectivity index (χ0v) is 11.5. The number of carbonyl (C=O) groups excluding carboxylic acids is 1. The van der Waals surface area contributed by atoms with E-state index in [-0.39, 0.29) is 23.3 Å². The van der Waals surface area contributed by atoms with E-state index in [0.717, 1.165) is 0 Å².